The Kier molecular flexibility index (Phi) is 5.92. The molecule has 0 fully saturated rings. The first kappa shape index (κ1) is 17.9. The van der Waals surface area contributed by atoms with E-state index in [0.29, 0.717) is 0 Å². The molecule has 2 aromatic heterocycles. The van der Waals surface area contributed by atoms with Gasteiger partial charge in [-0.3, -0.25) is 0 Å². The standard InChI is InChI=1S/C22H21N3S2/c1-3-7-17(8-4-1)13-19-16-26-21(25-19)12-11-20-15-24-22(27-20)23-14-18-9-5-2-6-10-18/h1-10,15-16H,11-14H2,(H,23,24). The molecule has 3 nitrogen and oxygen atoms in total. The van der Waals surface area contributed by atoms with Gasteiger partial charge in [-0.05, 0) is 17.5 Å². The Bertz CT molecular complexity index is 961. The van der Waals surface area contributed by atoms with Gasteiger partial charge in [0, 0.05) is 35.8 Å². The lowest BCUT2D eigenvalue weighted by atomic mass is 10.1. The third kappa shape index (κ3) is 5.25. The molecule has 1 N–H and O–H groups in total. The molecule has 4 rings (SSSR count). The second-order valence-electron chi connectivity index (χ2n) is 6.37. The van der Waals surface area contributed by atoms with Crippen LogP contribution in [0.25, 0.3) is 0 Å². The normalized spacial score (nSPS) is 10.8. The van der Waals surface area contributed by atoms with Gasteiger partial charge in [0.05, 0.1) is 10.7 Å². The van der Waals surface area contributed by atoms with Crippen molar-refractivity contribution in [2.24, 2.45) is 0 Å². The number of benzene rings is 2. The average molecular weight is 392 g/mol. The second kappa shape index (κ2) is 8.93. The number of nitrogens with one attached hydrogen (secondary N) is 1. The van der Waals surface area contributed by atoms with Crippen molar-refractivity contribution in [1.29, 1.82) is 0 Å². The molecule has 2 heterocycles. The highest BCUT2D eigenvalue weighted by molar-refractivity contribution is 7.15. The van der Waals surface area contributed by atoms with Gasteiger partial charge in [0.25, 0.3) is 0 Å². The predicted molar refractivity (Wildman–Crippen MR) is 115 cm³/mol. The van der Waals surface area contributed by atoms with Crippen LogP contribution in [0, 0.1) is 0 Å². The molecule has 0 spiro atoms. The smallest absolute Gasteiger partial charge is 0.183 e. The number of nitrogens with zero attached hydrogens (tertiary/aromatic N) is 2. The van der Waals surface area contributed by atoms with Crippen molar-refractivity contribution >= 4 is 27.8 Å². The van der Waals surface area contributed by atoms with E-state index in [4.69, 9.17) is 4.98 Å². The van der Waals surface area contributed by atoms with Gasteiger partial charge >= 0.3 is 0 Å². The Balaban J connectivity index is 1.27. The van der Waals surface area contributed by atoms with Gasteiger partial charge in [0.2, 0.25) is 0 Å². The summed E-state index contributed by atoms with van der Waals surface area (Å²) in [4.78, 5) is 10.6. The molecule has 27 heavy (non-hydrogen) atoms. The summed E-state index contributed by atoms with van der Waals surface area (Å²) >= 11 is 3.50. The summed E-state index contributed by atoms with van der Waals surface area (Å²) in [7, 11) is 0. The van der Waals surface area contributed by atoms with E-state index in [9.17, 15) is 0 Å². The van der Waals surface area contributed by atoms with Crippen LogP contribution in [0.2, 0.25) is 0 Å². The van der Waals surface area contributed by atoms with Crippen LogP contribution in [0.3, 0.4) is 0 Å². The Labute approximate surface area is 167 Å². The summed E-state index contributed by atoms with van der Waals surface area (Å²) in [5.41, 5.74) is 3.74. The SMILES string of the molecule is c1ccc(CNc2ncc(CCc3nc(Cc4ccccc4)cs3)s2)cc1. The second-order valence-corrected chi connectivity index (χ2v) is 8.42. The molecule has 0 saturated heterocycles. The van der Waals surface area contributed by atoms with Crippen molar-refractivity contribution in [1.82, 2.24) is 9.97 Å². The summed E-state index contributed by atoms with van der Waals surface area (Å²) in [6.07, 6.45) is 4.85. The van der Waals surface area contributed by atoms with Gasteiger partial charge in [0.1, 0.15) is 0 Å². The predicted octanol–water partition coefficient (Wildman–Crippen LogP) is 5.59. The van der Waals surface area contributed by atoms with Crippen molar-refractivity contribution in [2.75, 3.05) is 5.32 Å². The van der Waals surface area contributed by atoms with E-state index >= 15 is 0 Å². The number of hydrogen-bond acceptors (Lipinski definition) is 5. The molecule has 4 aromatic rings. The summed E-state index contributed by atoms with van der Waals surface area (Å²) in [5.74, 6) is 0. The van der Waals surface area contributed by atoms with Gasteiger partial charge in [-0.25, -0.2) is 9.97 Å². The Morgan fingerprint density at radius 1 is 0.852 bits per heavy atom. The minimum atomic E-state index is 0.809. The molecule has 0 atom stereocenters. The average Bonchev–Trinajstić information content (AvgIpc) is 3.36. The molecule has 5 heteroatoms. The van der Waals surface area contributed by atoms with Crippen molar-refractivity contribution < 1.29 is 0 Å². The summed E-state index contributed by atoms with van der Waals surface area (Å²) < 4.78 is 0. The van der Waals surface area contributed by atoms with Crippen molar-refractivity contribution in [3.8, 4) is 0 Å². The number of aromatic nitrogens is 2. The van der Waals surface area contributed by atoms with E-state index in [-0.39, 0.29) is 0 Å². The molecular formula is C22H21N3S2. The minimum absolute atomic E-state index is 0.809. The zero-order chi connectivity index (χ0) is 18.3. The number of rotatable bonds is 8. The quantitative estimate of drug-likeness (QED) is 0.425. The van der Waals surface area contributed by atoms with Gasteiger partial charge in [0.15, 0.2) is 5.13 Å². The van der Waals surface area contributed by atoms with E-state index in [1.807, 2.05) is 18.3 Å². The lowest BCUT2D eigenvalue weighted by molar-refractivity contribution is 0.939. The van der Waals surface area contributed by atoms with E-state index < -0.39 is 0 Å². The van der Waals surface area contributed by atoms with Gasteiger partial charge in [-0.15, -0.1) is 22.7 Å². The van der Waals surface area contributed by atoms with E-state index in [2.05, 4.69) is 64.2 Å². The highest BCUT2D eigenvalue weighted by atomic mass is 32.1. The first-order valence-corrected chi connectivity index (χ1v) is 10.7. The van der Waals surface area contributed by atoms with E-state index in [1.165, 1.54) is 21.0 Å². The van der Waals surface area contributed by atoms with Gasteiger partial charge in [-0.2, -0.15) is 0 Å². The molecule has 0 bridgehead atoms. The van der Waals surface area contributed by atoms with Gasteiger partial charge in [-0.1, -0.05) is 60.7 Å². The first-order chi connectivity index (χ1) is 13.3. The van der Waals surface area contributed by atoms with Crippen LogP contribution in [0.5, 0.6) is 0 Å². The Morgan fingerprint density at radius 3 is 2.37 bits per heavy atom. The maximum Gasteiger partial charge on any atom is 0.183 e. The lowest BCUT2D eigenvalue weighted by Crippen LogP contribution is -1.97. The molecule has 0 aliphatic rings. The fourth-order valence-electron chi connectivity index (χ4n) is 2.86. The topological polar surface area (TPSA) is 37.8 Å². The number of hydrogen-bond donors (Lipinski definition) is 1. The fraction of sp³-hybridized carbons (Fsp3) is 0.182. The summed E-state index contributed by atoms with van der Waals surface area (Å²) in [6.45, 7) is 0.809. The number of thiazole rings is 2. The highest BCUT2D eigenvalue weighted by Gasteiger charge is 2.06. The monoisotopic (exact) mass is 391 g/mol. The third-order valence-corrected chi connectivity index (χ3v) is 6.23. The van der Waals surface area contributed by atoms with Crippen molar-refractivity contribution in [2.45, 2.75) is 25.8 Å². The maximum absolute atomic E-state index is 4.79. The Hall–Kier alpha value is -2.50. The zero-order valence-corrected chi connectivity index (χ0v) is 16.6. The van der Waals surface area contributed by atoms with E-state index in [0.717, 1.165) is 36.6 Å². The molecule has 0 unspecified atom stereocenters. The minimum Gasteiger partial charge on any atom is -0.357 e. The molecule has 2 aromatic carbocycles. The molecule has 0 aliphatic heterocycles. The zero-order valence-electron chi connectivity index (χ0n) is 15.0. The Morgan fingerprint density at radius 2 is 1.59 bits per heavy atom. The molecule has 0 amide bonds. The first-order valence-electron chi connectivity index (χ1n) is 9.05. The van der Waals surface area contributed by atoms with Crippen LogP contribution in [-0.2, 0) is 25.8 Å². The molecule has 0 radical (unpaired) electrons. The van der Waals surface area contributed by atoms with Crippen LogP contribution >= 0.6 is 22.7 Å². The summed E-state index contributed by atoms with van der Waals surface area (Å²) in [6, 6.07) is 20.9. The molecule has 0 aliphatic carbocycles. The van der Waals surface area contributed by atoms with Crippen LogP contribution in [-0.4, -0.2) is 9.97 Å². The van der Waals surface area contributed by atoms with Crippen LogP contribution in [0.15, 0.2) is 72.2 Å². The van der Waals surface area contributed by atoms with Gasteiger partial charge < -0.3 is 5.32 Å². The fourth-order valence-corrected chi connectivity index (χ4v) is 4.46. The largest absolute Gasteiger partial charge is 0.357 e. The van der Waals surface area contributed by atoms with Crippen LogP contribution in [0.1, 0.15) is 26.7 Å². The van der Waals surface area contributed by atoms with E-state index in [1.54, 1.807) is 22.7 Å². The van der Waals surface area contributed by atoms with Crippen molar-refractivity contribution in [3.63, 3.8) is 0 Å². The number of anilines is 1. The summed E-state index contributed by atoms with van der Waals surface area (Å²) in [5, 5.41) is 7.77. The van der Waals surface area contributed by atoms with Crippen molar-refractivity contribution in [3.05, 3.63) is 98.9 Å². The maximum atomic E-state index is 4.79. The van der Waals surface area contributed by atoms with Crippen LogP contribution < -0.4 is 5.32 Å². The molecule has 136 valence electrons. The van der Waals surface area contributed by atoms with Crippen LogP contribution in [0.4, 0.5) is 5.13 Å². The highest BCUT2D eigenvalue weighted by Crippen LogP contribution is 2.22. The third-order valence-electron chi connectivity index (χ3n) is 4.25. The number of aryl methyl sites for hydroxylation is 2. The molecular weight excluding hydrogens is 370 g/mol. The lowest BCUT2D eigenvalue weighted by Gasteiger charge is -2.01. The molecule has 0 saturated carbocycles.